The summed E-state index contributed by atoms with van der Waals surface area (Å²) in [6, 6.07) is 8.65. The van der Waals surface area contributed by atoms with Crippen LogP contribution in [0.1, 0.15) is 42.3 Å². The molecule has 1 aromatic heterocycles. The molecule has 1 aliphatic heterocycles. The van der Waals surface area contributed by atoms with Crippen LogP contribution in [0.15, 0.2) is 29.6 Å². The average Bonchev–Trinajstić information content (AvgIpc) is 3.10. The lowest BCUT2D eigenvalue weighted by Crippen LogP contribution is -2.33. The van der Waals surface area contributed by atoms with Crippen molar-refractivity contribution in [3.05, 3.63) is 45.6 Å². The van der Waals surface area contributed by atoms with E-state index in [1.807, 2.05) is 36.5 Å². The maximum absolute atomic E-state index is 11.0. The van der Waals surface area contributed by atoms with Crippen LogP contribution in [0.2, 0.25) is 0 Å². The fraction of sp³-hybridized carbons (Fsp3) is 0.450. The van der Waals surface area contributed by atoms with Gasteiger partial charge in [0.15, 0.2) is 18.1 Å². The number of nitrogens with two attached hydrogens (primary N) is 1. The van der Waals surface area contributed by atoms with E-state index < -0.39 is 5.91 Å². The van der Waals surface area contributed by atoms with E-state index in [0.29, 0.717) is 24.1 Å². The van der Waals surface area contributed by atoms with E-state index in [0.717, 1.165) is 25.9 Å². The lowest BCUT2D eigenvalue weighted by molar-refractivity contribution is -0.119. The van der Waals surface area contributed by atoms with Crippen LogP contribution in [0.4, 0.5) is 0 Å². The zero-order chi connectivity index (χ0) is 18.5. The van der Waals surface area contributed by atoms with Crippen LogP contribution in [0.5, 0.6) is 11.5 Å². The third-order valence-electron chi connectivity index (χ3n) is 4.66. The molecule has 1 atom stereocenters. The number of nitrogens with zero attached hydrogens (tertiary/aromatic N) is 1. The number of carbonyl (C=O) groups excluding carboxylic acids is 1. The third kappa shape index (κ3) is 4.19. The van der Waals surface area contributed by atoms with Gasteiger partial charge in [0, 0.05) is 24.0 Å². The molecule has 6 heteroatoms. The Bertz CT molecular complexity index is 759. The van der Waals surface area contributed by atoms with Crippen molar-refractivity contribution in [1.82, 2.24) is 4.90 Å². The van der Waals surface area contributed by atoms with Crippen molar-refractivity contribution in [1.29, 1.82) is 0 Å². The Morgan fingerprint density at radius 1 is 1.27 bits per heavy atom. The Balaban J connectivity index is 1.77. The zero-order valence-electron chi connectivity index (χ0n) is 15.4. The summed E-state index contributed by atoms with van der Waals surface area (Å²) < 4.78 is 11.2. The van der Waals surface area contributed by atoms with Gasteiger partial charge < -0.3 is 15.2 Å². The SMILES string of the molecule is CCOc1cc(CN2CCc3sccc3C2CC)ccc1OCC(N)=O. The van der Waals surface area contributed by atoms with Gasteiger partial charge in [-0.25, -0.2) is 0 Å². The fourth-order valence-corrected chi connectivity index (χ4v) is 4.47. The van der Waals surface area contributed by atoms with Crippen molar-refractivity contribution < 1.29 is 14.3 Å². The molecule has 0 spiro atoms. The van der Waals surface area contributed by atoms with Crippen molar-refractivity contribution in [3.8, 4) is 11.5 Å². The van der Waals surface area contributed by atoms with E-state index in [-0.39, 0.29) is 6.61 Å². The molecule has 2 aromatic rings. The first-order valence-electron chi connectivity index (χ1n) is 9.09. The van der Waals surface area contributed by atoms with Gasteiger partial charge >= 0.3 is 0 Å². The maximum Gasteiger partial charge on any atom is 0.255 e. The number of hydrogen-bond acceptors (Lipinski definition) is 5. The minimum Gasteiger partial charge on any atom is -0.490 e. The first-order valence-corrected chi connectivity index (χ1v) is 9.97. The molecular formula is C20H26N2O3S. The normalized spacial score (nSPS) is 16.9. The van der Waals surface area contributed by atoms with E-state index in [4.69, 9.17) is 15.2 Å². The summed E-state index contributed by atoms with van der Waals surface area (Å²) in [5.74, 6) is 0.718. The largest absolute Gasteiger partial charge is 0.490 e. The monoisotopic (exact) mass is 374 g/mol. The van der Waals surface area contributed by atoms with E-state index in [9.17, 15) is 4.79 Å². The summed E-state index contributed by atoms with van der Waals surface area (Å²) in [7, 11) is 0. The average molecular weight is 375 g/mol. The maximum atomic E-state index is 11.0. The Morgan fingerprint density at radius 3 is 2.85 bits per heavy atom. The number of benzene rings is 1. The molecular weight excluding hydrogens is 348 g/mol. The highest BCUT2D eigenvalue weighted by atomic mass is 32.1. The molecule has 2 N–H and O–H groups in total. The molecule has 140 valence electrons. The molecule has 0 radical (unpaired) electrons. The van der Waals surface area contributed by atoms with Gasteiger partial charge in [-0.15, -0.1) is 11.3 Å². The van der Waals surface area contributed by atoms with Crippen LogP contribution >= 0.6 is 11.3 Å². The number of primary amides is 1. The molecule has 0 aliphatic carbocycles. The minimum atomic E-state index is -0.498. The van der Waals surface area contributed by atoms with Crippen molar-refractivity contribution >= 4 is 17.2 Å². The van der Waals surface area contributed by atoms with Crippen LogP contribution in [-0.4, -0.2) is 30.6 Å². The molecule has 0 bridgehead atoms. The summed E-state index contributed by atoms with van der Waals surface area (Å²) in [4.78, 5) is 15.0. The predicted octanol–water partition coefficient (Wildman–Crippen LogP) is 3.52. The minimum absolute atomic E-state index is 0.148. The van der Waals surface area contributed by atoms with Crippen molar-refractivity contribution in [2.75, 3.05) is 19.8 Å². The smallest absolute Gasteiger partial charge is 0.255 e. The topological polar surface area (TPSA) is 64.8 Å². The van der Waals surface area contributed by atoms with Crippen LogP contribution < -0.4 is 15.2 Å². The molecule has 0 saturated carbocycles. The standard InChI is InChI=1S/C20H26N2O3S/c1-3-16-15-8-10-26-19(15)7-9-22(16)12-14-5-6-17(25-13-20(21)23)18(11-14)24-4-2/h5-6,8,10-11,16H,3-4,7,9,12-13H2,1-2H3,(H2,21,23). The highest BCUT2D eigenvalue weighted by Gasteiger charge is 2.27. The van der Waals surface area contributed by atoms with Crippen molar-refractivity contribution in [2.24, 2.45) is 5.73 Å². The Hall–Kier alpha value is -2.05. The van der Waals surface area contributed by atoms with E-state index >= 15 is 0 Å². The summed E-state index contributed by atoms with van der Waals surface area (Å²) in [5.41, 5.74) is 7.83. The van der Waals surface area contributed by atoms with Crippen LogP contribution in [0.25, 0.3) is 0 Å². The molecule has 26 heavy (non-hydrogen) atoms. The van der Waals surface area contributed by atoms with E-state index in [2.05, 4.69) is 23.3 Å². The summed E-state index contributed by atoms with van der Waals surface area (Å²) in [6.07, 6.45) is 2.21. The zero-order valence-corrected chi connectivity index (χ0v) is 16.2. The van der Waals surface area contributed by atoms with Crippen molar-refractivity contribution in [2.45, 2.75) is 39.3 Å². The van der Waals surface area contributed by atoms with Gasteiger partial charge in [-0.1, -0.05) is 13.0 Å². The molecule has 1 aromatic carbocycles. The Labute approximate surface area is 158 Å². The van der Waals surface area contributed by atoms with Gasteiger partial charge in [0.05, 0.1) is 6.61 Å². The van der Waals surface area contributed by atoms with E-state index in [1.165, 1.54) is 16.0 Å². The quantitative estimate of drug-likeness (QED) is 0.768. The first kappa shape index (κ1) is 18.7. The highest BCUT2D eigenvalue weighted by Crippen LogP contribution is 2.37. The number of hydrogen-bond donors (Lipinski definition) is 1. The van der Waals surface area contributed by atoms with Gasteiger partial charge in [0.25, 0.3) is 5.91 Å². The molecule has 5 nitrogen and oxygen atoms in total. The second kappa shape index (κ2) is 8.56. The first-order chi connectivity index (χ1) is 12.6. The number of ether oxygens (including phenoxy) is 2. The van der Waals surface area contributed by atoms with Crippen molar-refractivity contribution in [3.63, 3.8) is 0 Å². The number of rotatable bonds is 8. The highest BCUT2D eigenvalue weighted by molar-refractivity contribution is 7.10. The van der Waals surface area contributed by atoms with Gasteiger partial charge in [0.1, 0.15) is 0 Å². The lowest BCUT2D eigenvalue weighted by Gasteiger charge is -2.35. The summed E-state index contributed by atoms with van der Waals surface area (Å²) in [5, 5.41) is 2.20. The second-order valence-electron chi connectivity index (χ2n) is 6.41. The number of amides is 1. The predicted molar refractivity (Wildman–Crippen MR) is 104 cm³/mol. The molecule has 2 heterocycles. The van der Waals surface area contributed by atoms with Gasteiger partial charge in [-0.2, -0.15) is 0 Å². The second-order valence-corrected chi connectivity index (χ2v) is 7.41. The summed E-state index contributed by atoms with van der Waals surface area (Å²) in [6.45, 7) is 6.50. The van der Waals surface area contributed by atoms with Crippen LogP contribution in [-0.2, 0) is 17.8 Å². The van der Waals surface area contributed by atoms with Crippen LogP contribution in [0, 0.1) is 0 Å². The lowest BCUT2D eigenvalue weighted by atomic mass is 9.97. The number of fused-ring (bicyclic) bond motifs is 1. The fourth-order valence-electron chi connectivity index (χ4n) is 3.54. The van der Waals surface area contributed by atoms with Crippen LogP contribution in [0.3, 0.4) is 0 Å². The summed E-state index contributed by atoms with van der Waals surface area (Å²) >= 11 is 1.87. The number of thiophene rings is 1. The molecule has 1 unspecified atom stereocenters. The van der Waals surface area contributed by atoms with Gasteiger partial charge in [0.2, 0.25) is 0 Å². The third-order valence-corrected chi connectivity index (χ3v) is 5.65. The Morgan fingerprint density at radius 2 is 2.12 bits per heavy atom. The van der Waals surface area contributed by atoms with E-state index in [1.54, 1.807) is 0 Å². The molecule has 1 aliphatic rings. The molecule has 1 amide bonds. The van der Waals surface area contributed by atoms with Gasteiger partial charge in [-0.05, 0) is 54.5 Å². The Kier molecular flexibility index (Phi) is 6.16. The number of carbonyl (C=O) groups is 1. The van der Waals surface area contributed by atoms with Gasteiger partial charge in [-0.3, -0.25) is 9.69 Å². The molecule has 0 fully saturated rings. The molecule has 0 saturated heterocycles. The molecule has 3 rings (SSSR count).